The van der Waals surface area contributed by atoms with Gasteiger partial charge in [0.1, 0.15) is 5.56 Å². The molecule has 0 unspecified atom stereocenters. The van der Waals surface area contributed by atoms with Crippen molar-refractivity contribution in [1.82, 2.24) is 0 Å². The molecule has 6 heteroatoms. The molecule has 1 aromatic rings. The molecule has 0 aromatic heterocycles. The SMILES string of the molecule is O=C(O)c1c(Cl)cc(Cl)cc1NC(=O)C1CC1. The second-order valence-corrected chi connectivity index (χ2v) is 4.72. The van der Waals surface area contributed by atoms with E-state index in [1.807, 2.05) is 0 Å². The highest BCUT2D eigenvalue weighted by atomic mass is 35.5. The van der Waals surface area contributed by atoms with Gasteiger partial charge in [0.25, 0.3) is 0 Å². The van der Waals surface area contributed by atoms with Crippen LogP contribution in [-0.4, -0.2) is 17.0 Å². The molecule has 0 spiro atoms. The van der Waals surface area contributed by atoms with E-state index in [2.05, 4.69) is 5.32 Å². The molecule has 1 aliphatic carbocycles. The molecule has 90 valence electrons. The predicted molar refractivity (Wildman–Crippen MR) is 64.8 cm³/mol. The van der Waals surface area contributed by atoms with Crippen molar-refractivity contribution in [2.75, 3.05) is 5.32 Å². The molecular formula is C11H9Cl2NO3. The average Bonchev–Trinajstić information content (AvgIpc) is 2.97. The number of nitrogens with one attached hydrogen (secondary N) is 1. The molecule has 0 atom stereocenters. The van der Waals surface area contributed by atoms with Crippen molar-refractivity contribution in [3.8, 4) is 0 Å². The van der Waals surface area contributed by atoms with E-state index in [1.54, 1.807) is 0 Å². The lowest BCUT2D eigenvalue weighted by atomic mass is 10.1. The van der Waals surface area contributed by atoms with Gasteiger partial charge in [0.05, 0.1) is 10.7 Å². The first kappa shape index (κ1) is 12.2. The summed E-state index contributed by atoms with van der Waals surface area (Å²) in [6, 6.07) is 2.72. The maximum Gasteiger partial charge on any atom is 0.339 e. The maximum atomic E-state index is 11.6. The number of anilines is 1. The van der Waals surface area contributed by atoms with Gasteiger partial charge in [0.15, 0.2) is 0 Å². The van der Waals surface area contributed by atoms with Crippen LogP contribution in [0.1, 0.15) is 23.2 Å². The van der Waals surface area contributed by atoms with Crippen LogP contribution >= 0.6 is 23.2 Å². The topological polar surface area (TPSA) is 66.4 Å². The van der Waals surface area contributed by atoms with Gasteiger partial charge < -0.3 is 10.4 Å². The Labute approximate surface area is 108 Å². The Balaban J connectivity index is 2.36. The number of aromatic carboxylic acids is 1. The number of carboxylic acid groups (broad SMARTS) is 1. The van der Waals surface area contributed by atoms with E-state index < -0.39 is 5.97 Å². The fraction of sp³-hybridized carbons (Fsp3) is 0.273. The summed E-state index contributed by atoms with van der Waals surface area (Å²) >= 11 is 11.6. The third-order valence-corrected chi connectivity index (χ3v) is 2.99. The molecule has 0 aliphatic heterocycles. The van der Waals surface area contributed by atoms with Gasteiger partial charge in [-0.15, -0.1) is 0 Å². The highest BCUT2D eigenvalue weighted by Crippen LogP contribution is 2.33. The molecule has 2 rings (SSSR count). The first-order valence-electron chi connectivity index (χ1n) is 5.02. The summed E-state index contributed by atoms with van der Waals surface area (Å²) in [7, 11) is 0. The van der Waals surface area contributed by atoms with Crippen LogP contribution in [0.3, 0.4) is 0 Å². The molecule has 2 N–H and O–H groups in total. The number of carbonyl (C=O) groups excluding carboxylic acids is 1. The fourth-order valence-corrected chi connectivity index (χ4v) is 2.04. The highest BCUT2D eigenvalue weighted by Gasteiger charge is 2.30. The largest absolute Gasteiger partial charge is 0.478 e. The molecule has 0 saturated heterocycles. The molecule has 0 bridgehead atoms. The van der Waals surface area contributed by atoms with Crippen molar-refractivity contribution >= 4 is 40.8 Å². The highest BCUT2D eigenvalue weighted by molar-refractivity contribution is 6.37. The third-order valence-electron chi connectivity index (χ3n) is 2.47. The molecule has 0 radical (unpaired) electrons. The van der Waals surface area contributed by atoms with Crippen molar-refractivity contribution in [2.24, 2.45) is 5.92 Å². The molecule has 1 amide bonds. The monoisotopic (exact) mass is 273 g/mol. The van der Waals surface area contributed by atoms with Crippen LogP contribution < -0.4 is 5.32 Å². The Kier molecular flexibility index (Phi) is 3.26. The Morgan fingerprint density at radius 1 is 1.29 bits per heavy atom. The van der Waals surface area contributed by atoms with Crippen molar-refractivity contribution in [1.29, 1.82) is 0 Å². The molecule has 0 heterocycles. The van der Waals surface area contributed by atoms with Crippen LogP contribution in [0.25, 0.3) is 0 Å². The molecule has 17 heavy (non-hydrogen) atoms. The van der Waals surface area contributed by atoms with Crippen molar-refractivity contribution in [3.63, 3.8) is 0 Å². The zero-order valence-electron chi connectivity index (χ0n) is 8.67. The van der Waals surface area contributed by atoms with E-state index in [0.717, 1.165) is 12.8 Å². The van der Waals surface area contributed by atoms with E-state index in [0.29, 0.717) is 0 Å². The minimum absolute atomic E-state index is 0.0103. The lowest BCUT2D eigenvalue weighted by Gasteiger charge is -2.10. The molecule has 1 aliphatic rings. The minimum Gasteiger partial charge on any atom is -0.478 e. The first-order chi connectivity index (χ1) is 7.99. The van der Waals surface area contributed by atoms with Gasteiger partial charge in [0.2, 0.25) is 5.91 Å². The number of hydrogen-bond donors (Lipinski definition) is 2. The molecule has 1 fully saturated rings. The number of halogens is 2. The van der Waals surface area contributed by atoms with E-state index in [1.165, 1.54) is 12.1 Å². The summed E-state index contributed by atoms with van der Waals surface area (Å²) in [5.41, 5.74) is 0.0111. The number of carbonyl (C=O) groups is 2. The van der Waals surface area contributed by atoms with Crippen LogP contribution in [0, 0.1) is 5.92 Å². The summed E-state index contributed by atoms with van der Waals surface area (Å²) in [6.45, 7) is 0. The summed E-state index contributed by atoms with van der Waals surface area (Å²) in [6.07, 6.45) is 1.67. The van der Waals surface area contributed by atoms with Crippen LogP contribution in [-0.2, 0) is 4.79 Å². The molecule has 1 saturated carbocycles. The Morgan fingerprint density at radius 3 is 2.47 bits per heavy atom. The third kappa shape index (κ3) is 2.70. The summed E-state index contributed by atoms with van der Waals surface area (Å²) < 4.78 is 0. The number of carboxylic acids is 1. The minimum atomic E-state index is -1.20. The lowest BCUT2D eigenvalue weighted by Crippen LogP contribution is -2.16. The summed E-state index contributed by atoms with van der Waals surface area (Å²) in [5.74, 6) is -1.40. The lowest BCUT2D eigenvalue weighted by molar-refractivity contribution is -0.117. The number of benzene rings is 1. The number of rotatable bonds is 3. The van der Waals surface area contributed by atoms with Gasteiger partial charge in [0, 0.05) is 10.9 Å². The fourth-order valence-electron chi connectivity index (χ4n) is 1.47. The zero-order valence-corrected chi connectivity index (χ0v) is 10.2. The Bertz CT molecular complexity index is 498. The van der Waals surface area contributed by atoms with Crippen molar-refractivity contribution in [2.45, 2.75) is 12.8 Å². The normalized spacial score (nSPS) is 14.5. The van der Waals surface area contributed by atoms with E-state index in [4.69, 9.17) is 28.3 Å². The van der Waals surface area contributed by atoms with Crippen LogP contribution in [0.5, 0.6) is 0 Å². The Morgan fingerprint density at radius 2 is 1.94 bits per heavy atom. The van der Waals surface area contributed by atoms with E-state index in [9.17, 15) is 9.59 Å². The van der Waals surface area contributed by atoms with Crippen molar-refractivity contribution < 1.29 is 14.7 Å². The smallest absolute Gasteiger partial charge is 0.339 e. The first-order valence-corrected chi connectivity index (χ1v) is 5.78. The van der Waals surface area contributed by atoms with E-state index >= 15 is 0 Å². The average molecular weight is 274 g/mol. The van der Waals surface area contributed by atoms with Crippen LogP contribution in [0.4, 0.5) is 5.69 Å². The summed E-state index contributed by atoms with van der Waals surface area (Å²) in [4.78, 5) is 22.6. The summed E-state index contributed by atoms with van der Waals surface area (Å²) in [5, 5.41) is 11.9. The Hall–Kier alpha value is -1.26. The maximum absolute atomic E-state index is 11.6. The van der Waals surface area contributed by atoms with Gasteiger partial charge in [-0.05, 0) is 25.0 Å². The molecular weight excluding hydrogens is 265 g/mol. The van der Waals surface area contributed by atoms with Gasteiger partial charge in [-0.2, -0.15) is 0 Å². The van der Waals surface area contributed by atoms with Gasteiger partial charge in [-0.3, -0.25) is 4.79 Å². The van der Waals surface area contributed by atoms with Crippen molar-refractivity contribution in [3.05, 3.63) is 27.7 Å². The van der Waals surface area contributed by atoms with Crippen LogP contribution in [0.2, 0.25) is 10.0 Å². The van der Waals surface area contributed by atoms with Gasteiger partial charge in [-0.25, -0.2) is 4.79 Å². The van der Waals surface area contributed by atoms with Gasteiger partial charge >= 0.3 is 5.97 Å². The molecule has 1 aromatic carbocycles. The van der Waals surface area contributed by atoms with Crippen LogP contribution in [0.15, 0.2) is 12.1 Å². The zero-order chi connectivity index (χ0) is 12.6. The number of hydrogen-bond acceptors (Lipinski definition) is 2. The predicted octanol–water partition coefficient (Wildman–Crippen LogP) is 3.04. The molecule has 4 nitrogen and oxygen atoms in total. The standard InChI is InChI=1S/C11H9Cl2NO3/c12-6-3-7(13)9(11(16)17)8(4-6)14-10(15)5-1-2-5/h3-5H,1-2H2,(H,14,15)(H,16,17). The van der Waals surface area contributed by atoms with Gasteiger partial charge in [-0.1, -0.05) is 23.2 Å². The second kappa shape index (κ2) is 4.55. The number of amides is 1. The second-order valence-electron chi connectivity index (χ2n) is 3.88. The van der Waals surface area contributed by atoms with E-state index in [-0.39, 0.29) is 33.1 Å². The quantitative estimate of drug-likeness (QED) is 0.890.